The number of aryl methyl sites for hydroxylation is 1. The highest BCUT2D eigenvalue weighted by atomic mass is 35.5. The second-order valence-electron chi connectivity index (χ2n) is 18.9. The van der Waals surface area contributed by atoms with E-state index in [1.54, 1.807) is 11.1 Å². The van der Waals surface area contributed by atoms with Crippen LogP contribution in [0.5, 0.6) is 6.01 Å². The van der Waals surface area contributed by atoms with E-state index < -0.39 is 0 Å². The van der Waals surface area contributed by atoms with E-state index in [4.69, 9.17) is 36.0 Å². The molecular weight excluding hydrogens is 914 g/mol. The lowest BCUT2D eigenvalue weighted by Gasteiger charge is -2.42. The first-order valence-corrected chi connectivity index (χ1v) is 25.7. The summed E-state index contributed by atoms with van der Waals surface area (Å²) in [7, 11) is 2.13. The minimum atomic E-state index is -0.301. The Balaban J connectivity index is 0.000000209. The summed E-state index contributed by atoms with van der Waals surface area (Å²) in [6.45, 7) is 16.0. The van der Waals surface area contributed by atoms with E-state index in [1.807, 2.05) is 42.0 Å². The van der Waals surface area contributed by atoms with Crippen LogP contribution >= 0.6 is 11.6 Å². The average Bonchev–Trinajstić information content (AvgIpc) is 4.04. The number of rotatable bonds is 15. The minimum absolute atomic E-state index is 0.160. The van der Waals surface area contributed by atoms with E-state index in [-0.39, 0.29) is 25.0 Å². The number of aromatic nitrogens is 6. The largest absolute Gasteiger partial charge is 0.462 e. The number of fused-ring (bicyclic) bond motifs is 3. The Bertz CT molecular complexity index is 2840. The zero-order valence-corrected chi connectivity index (χ0v) is 42.2. The number of hydrogen-bond acceptors (Lipinski definition) is 14. The van der Waals surface area contributed by atoms with Crippen molar-refractivity contribution in [2.24, 2.45) is 0 Å². The maximum atomic E-state index is 13.3. The van der Waals surface area contributed by atoms with Crippen LogP contribution in [-0.4, -0.2) is 130 Å². The van der Waals surface area contributed by atoms with Gasteiger partial charge in [0.05, 0.1) is 48.6 Å². The molecule has 6 aromatic rings. The fraction of sp³-hybridized carbons (Fsp3) is 0.463. The summed E-state index contributed by atoms with van der Waals surface area (Å²) in [6, 6.07) is 21.1. The molecule has 4 aliphatic heterocycles. The Morgan fingerprint density at radius 3 is 2.54 bits per heavy atom. The van der Waals surface area contributed by atoms with Crippen molar-refractivity contribution < 1.29 is 14.3 Å². The summed E-state index contributed by atoms with van der Waals surface area (Å²) in [5.74, 6) is 2.70. The molecule has 1 N–H and O–H groups in total. The Hall–Kier alpha value is -6.54. The van der Waals surface area contributed by atoms with Crippen molar-refractivity contribution in [3.05, 3.63) is 113 Å². The van der Waals surface area contributed by atoms with Crippen molar-refractivity contribution in [2.45, 2.75) is 90.4 Å². The molecule has 16 nitrogen and oxygen atoms in total. The normalized spacial score (nSPS) is 18.2. The fourth-order valence-corrected chi connectivity index (χ4v) is 10.5. The van der Waals surface area contributed by atoms with Gasteiger partial charge in [-0.05, 0) is 94.6 Å². The number of carbonyl (C=O) groups excluding carboxylic acids is 1. The first-order valence-electron chi connectivity index (χ1n) is 25.3. The average molecular weight is 981 g/mol. The van der Waals surface area contributed by atoms with Crippen LogP contribution in [-0.2, 0) is 35.5 Å². The molecular formula is C54H66ClN13O3. The fourth-order valence-electron chi connectivity index (χ4n) is 10.3. The molecule has 8 heterocycles. The highest BCUT2D eigenvalue weighted by Crippen LogP contribution is 2.38. The zero-order chi connectivity index (χ0) is 49.3. The molecule has 4 aromatic heterocycles. The Labute approximate surface area is 422 Å². The van der Waals surface area contributed by atoms with Crippen LogP contribution in [0.25, 0.3) is 16.4 Å². The number of pyridine rings is 1. The molecule has 2 atom stereocenters. The predicted octanol–water partition coefficient (Wildman–Crippen LogP) is 8.13. The van der Waals surface area contributed by atoms with Crippen molar-refractivity contribution in [3.8, 4) is 12.1 Å². The summed E-state index contributed by atoms with van der Waals surface area (Å²) in [5, 5.41) is 20.6. The van der Waals surface area contributed by atoms with Crippen LogP contribution < -0.4 is 24.8 Å². The van der Waals surface area contributed by atoms with Gasteiger partial charge in [-0.15, -0.1) is 0 Å². The lowest BCUT2D eigenvalue weighted by molar-refractivity contribution is -0.130. The van der Waals surface area contributed by atoms with Gasteiger partial charge >= 0.3 is 6.01 Å². The molecule has 0 saturated carbocycles. The number of ether oxygens (including phenoxy) is 2. The van der Waals surface area contributed by atoms with Gasteiger partial charge in [-0.1, -0.05) is 55.4 Å². The van der Waals surface area contributed by atoms with E-state index >= 15 is 0 Å². The topological polar surface area (TPSA) is 156 Å². The number of halogens is 1. The molecule has 0 radical (unpaired) electrons. The molecule has 0 spiro atoms. The SMILES string of the molecule is C=C(COCC)C(=O)N1CCN(c2nc(OCC3CCCN3C)nc3c2CCN(c2cccc4cccc(Cl)c24)C3)CC1CC#N.CCc1cnn2c(NCc3cccnc3)cc(N3CCCCC3)nc12. The van der Waals surface area contributed by atoms with E-state index in [2.05, 4.69) is 98.0 Å². The standard InChI is InChI=1S/C35H42ClN7O3.C19H24N6/c1-4-45-22-24(2)34(44)43-19-18-42(20-26(43)13-15-37)33-28-14-17-41(31-12-6-9-25-8-5-11-29(36)32(25)31)21-30(28)38-35(39-33)46-23-27-10-7-16-40(27)3;1-2-16-14-22-25-17(21-13-15-7-6-8-20-12-15)11-18(23-19(16)25)24-9-4-3-5-10-24/h5-6,8-9,11-12,26-27H,2,4,7,10,13-14,16-23H2,1,3H3;6-8,11-12,14,21H,2-5,9-10,13H2,1H3. The third-order valence-electron chi connectivity index (χ3n) is 14.2. The number of hydrogen-bond donors (Lipinski definition) is 1. The highest BCUT2D eigenvalue weighted by Gasteiger charge is 2.35. The zero-order valence-electron chi connectivity index (χ0n) is 41.4. The van der Waals surface area contributed by atoms with Gasteiger partial charge in [0.1, 0.15) is 24.1 Å². The van der Waals surface area contributed by atoms with Gasteiger partial charge in [0.25, 0.3) is 5.91 Å². The number of piperazine rings is 1. The van der Waals surface area contributed by atoms with Crippen LogP contribution in [0.4, 0.5) is 23.1 Å². The van der Waals surface area contributed by atoms with Crippen LogP contribution in [0.15, 0.2) is 85.3 Å². The second kappa shape index (κ2) is 23.1. The number of carbonyl (C=O) groups is 1. The molecule has 4 aliphatic rings. The summed E-state index contributed by atoms with van der Waals surface area (Å²) in [6.07, 6.45) is 13.5. The number of anilines is 4. The first-order chi connectivity index (χ1) is 34.7. The molecule has 0 aliphatic carbocycles. The summed E-state index contributed by atoms with van der Waals surface area (Å²) >= 11 is 6.72. The maximum absolute atomic E-state index is 13.3. The number of benzene rings is 2. The third-order valence-corrected chi connectivity index (χ3v) is 14.5. The van der Waals surface area contributed by atoms with Crippen molar-refractivity contribution in [1.29, 1.82) is 5.26 Å². The molecule has 71 heavy (non-hydrogen) atoms. The van der Waals surface area contributed by atoms with Crippen LogP contribution in [0.1, 0.15) is 74.8 Å². The number of nitrogens with one attached hydrogen (secondary N) is 1. The third kappa shape index (κ3) is 11.3. The van der Waals surface area contributed by atoms with Gasteiger partial charge in [-0.25, -0.2) is 4.98 Å². The Morgan fingerprint density at radius 2 is 1.77 bits per heavy atom. The molecule has 2 unspecified atom stereocenters. The molecule has 2 aromatic carbocycles. The number of likely N-dealkylation sites (N-methyl/N-ethyl adjacent to an activating group) is 1. The van der Waals surface area contributed by atoms with Crippen LogP contribution in [0.3, 0.4) is 0 Å². The lowest BCUT2D eigenvalue weighted by atomic mass is 10.0. The molecule has 10 rings (SSSR count). The molecule has 1 amide bonds. The Kier molecular flexibility index (Phi) is 16.1. The quantitative estimate of drug-likeness (QED) is 0.0985. The van der Waals surface area contributed by atoms with Gasteiger partial charge in [0, 0.05) is 105 Å². The first kappa shape index (κ1) is 49.4. The van der Waals surface area contributed by atoms with Gasteiger partial charge in [0.2, 0.25) is 0 Å². The van der Waals surface area contributed by atoms with Gasteiger partial charge in [0.15, 0.2) is 5.65 Å². The Morgan fingerprint density at radius 1 is 0.930 bits per heavy atom. The van der Waals surface area contributed by atoms with Crippen molar-refractivity contribution >= 4 is 57.1 Å². The molecule has 372 valence electrons. The lowest BCUT2D eigenvalue weighted by Crippen LogP contribution is -2.56. The number of piperidine rings is 1. The summed E-state index contributed by atoms with van der Waals surface area (Å²) in [5.41, 5.74) is 6.79. The highest BCUT2D eigenvalue weighted by molar-refractivity contribution is 6.36. The maximum Gasteiger partial charge on any atom is 0.318 e. The van der Waals surface area contributed by atoms with Gasteiger partial charge in [-0.3, -0.25) is 9.78 Å². The second-order valence-corrected chi connectivity index (χ2v) is 19.3. The van der Waals surface area contributed by atoms with E-state index in [0.717, 1.165) is 113 Å². The van der Waals surface area contributed by atoms with Crippen LogP contribution in [0, 0.1) is 11.3 Å². The molecule has 17 heteroatoms. The monoisotopic (exact) mass is 980 g/mol. The number of likely N-dealkylation sites (tertiary alicyclic amines) is 1. The van der Waals surface area contributed by atoms with E-state index in [1.165, 1.54) is 24.8 Å². The van der Waals surface area contributed by atoms with Gasteiger partial charge < -0.3 is 39.3 Å². The smallest absolute Gasteiger partial charge is 0.318 e. The van der Waals surface area contributed by atoms with Gasteiger partial charge in [-0.2, -0.15) is 24.8 Å². The molecule has 3 saturated heterocycles. The van der Waals surface area contributed by atoms with E-state index in [0.29, 0.717) is 63.6 Å². The van der Waals surface area contributed by atoms with E-state index in [9.17, 15) is 10.1 Å². The summed E-state index contributed by atoms with van der Waals surface area (Å²) in [4.78, 5) is 43.4. The predicted molar refractivity (Wildman–Crippen MR) is 280 cm³/mol. The van der Waals surface area contributed by atoms with Crippen molar-refractivity contribution in [3.63, 3.8) is 0 Å². The number of amides is 1. The minimum Gasteiger partial charge on any atom is -0.462 e. The summed E-state index contributed by atoms with van der Waals surface area (Å²) < 4.78 is 13.7. The van der Waals surface area contributed by atoms with Crippen LogP contribution in [0.2, 0.25) is 5.02 Å². The molecule has 3 fully saturated rings. The molecule has 0 bridgehead atoms. The van der Waals surface area contributed by atoms with Crippen molar-refractivity contribution in [1.82, 2.24) is 39.3 Å². The number of nitrogens with zero attached hydrogens (tertiary/aromatic N) is 12. The number of nitriles is 1. The van der Waals surface area contributed by atoms with Crippen molar-refractivity contribution in [2.75, 3.05) is 92.7 Å².